The molecule has 0 bridgehead atoms. The Kier molecular flexibility index (Phi) is 8.34. The number of nitrogens with zero attached hydrogens (tertiary/aromatic N) is 2. The molecule has 0 radical (unpaired) electrons. The van der Waals surface area contributed by atoms with Gasteiger partial charge in [0.25, 0.3) is 0 Å². The van der Waals surface area contributed by atoms with Gasteiger partial charge in [-0.25, -0.2) is 0 Å². The molecule has 306 valence electrons. The first kappa shape index (κ1) is 37.2. The molecule has 13 aromatic rings. The maximum atomic E-state index is 6.84. The lowest BCUT2D eigenvalue weighted by Crippen LogP contribution is -2.12. The van der Waals surface area contributed by atoms with Gasteiger partial charge in [0.05, 0.1) is 17.1 Å². The molecule has 0 amide bonds. The van der Waals surface area contributed by atoms with Crippen LogP contribution < -0.4 is 9.80 Å². The van der Waals surface area contributed by atoms with Crippen LogP contribution in [0, 0.1) is 13.8 Å². The minimum atomic E-state index is 0.863. The third-order valence-electron chi connectivity index (χ3n) is 13.6. The summed E-state index contributed by atoms with van der Waals surface area (Å²) in [6.45, 7) is 4.57. The molecule has 13 rings (SSSR count). The second-order valence-corrected chi connectivity index (χ2v) is 17.3. The SMILES string of the molecule is Cc1cc(N(c2ccccc2)c2ccc3ccccc3c2)c2c3ccccc3c3c(C)cc(N(c4ccc(-c5ccccc5)cc4)c4cccc5c4oc4ccccc45)c4ccc1c2c43. The fraction of sp³-hybridized carbons (Fsp3) is 0.0323. The van der Waals surface area contributed by atoms with Gasteiger partial charge in [0.15, 0.2) is 5.58 Å². The van der Waals surface area contributed by atoms with Crippen LogP contribution in [0.2, 0.25) is 0 Å². The first-order valence-electron chi connectivity index (χ1n) is 22.4. The van der Waals surface area contributed by atoms with Gasteiger partial charge in [0, 0.05) is 49.4 Å². The van der Waals surface area contributed by atoms with Crippen LogP contribution in [-0.4, -0.2) is 0 Å². The van der Waals surface area contributed by atoms with Gasteiger partial charge >= 0.3 is 0 Å². The second kappa shape index (κ2) is 14.6. The van der Waals surface area contributed by atoms with Gasteiger partial charge in [-0.1, -0.05) is 158 Å². The first-order valence-corrected chi connectivity index (χ1v) is 22.4. The zero-order valence-electron chi connectivity index (χ0n) is 36.1. The number of furan rings is 1. The van der Waals surface area contributed by atoms with Gasteiger partial charge in [-0.3, -0.25) is 0 Å². The maximum absolute atomic E-state index is 6.84. The van der Waals surface area contributed by atoms with Crippen LogP contribution >= 0.6 is 0 Å². The number of aryl methyl sites for hydroxylation is 2. The topological polar surface area (TPSA) is 19.6 Å². The van der Waals surface area contributed by atoms with Crippen molar-refractivity contribution >= 4 is 110 Å². The summed E-state index contributed by atoms with van der Waals surface area (Å²) in [6.07, 6.45) is 0. The number of anilines is 6. The van der Waals surface area contributed by atoms with E-state index in [0.717, 1.165) is 56.1 Å². The predicted molar refractivity (Wildman–Crippen MR) is 277 cm³/mol. The number of benzene rings is 12. The maximum Gasteiger partial charge on any atom is 0.159 e. The lowest BCUT2D eigenvalue weighted by Gasteiger charge is -2.31. The predicted octanol–water partition coefficient (Wildman–Crippen LogP) is 18.0. The Balaban J connectivity index is 1.14. The molecule has 3 heteroatoms. The lowest BCUT2D eigenvalue weighted by atomic mass is 9.84. The Bertz CT molecular complexity index is 3960. The molecule has 0 aliphatic rings. The van der Waals surface area contributed by atoms with Crippen molar-refractivity contribution < 1.29 is 4.42 Å². The quantitative estimate of drug-likeness (QED) is 0.118. The van der Waals surface area contributed by atoms with Gasteiger partial charge in [-0.05, 0) is 129 Å². The molecule has 1 aromatic heterocycles. The van der Waals surface area contributed by atoms with Gasteiger partial charge in [0.2, 0.25) is 0 Å². The van der Waals surface area contributed by atoms with E-state index in [1.54, 1.807) is 0 Å². The molecule has 1 heterocycles. The van der Waals surface area contributed by atoms with Crippen LogP contribution in [0.3, 0.4) is 0 Å². The molecular formula is C62H42N2O. The average molecular weight is 831 g/mol. The van der Waals surface area contributed by atoms with E-state index in [-0.39, 0.29) is 0 Å². The highest BCUT2D eigenvalue weighted by Crippen LogP contribution is 2.53. The summed E-state index contributed by atoms with van der Waals surface area (Å²) in [6, 6.07) is 79.5. The molecule has 0 saturated carbocycles. The van der Waals surface area contributed by atoms with Crippen molar-refractivity contribution in [3.8, 4) is 11.1 Å². The fourth-order valence-electron chi connectivity index (χ4n) is 10.7. The molecule has 0 spiro atoms. The number of para-hydroxylation sites is 3. The smallest absolute Gasteiger partial charge is 0.159 e. The van der Waals surface area contributed by atoms with Crippen molar-refractivity contribution in [2.24, 2.45) is 0 Å². The Morgan fingerprint density at radius 3 is 1.69 bits per heavy atom. The van der Waals surface area contributed by atoms with E-state index in [4.69, 9.17) is 4.42 Å². The van der Waals surface area contributed by atoms with E-state index in [9.17, 15) is 0 Å². The van der Waals surface area contributed by atoms with E-state index < -0.39 is 0 Å². The Labute approximate surface area is 377 Å². The first-order chi connectivity index (χ1) is 32.1. The molecule has 0 aliphatic carbocycles. The third kappa shape index (κ3) is 5.76. The van der Waals surface area contributed by atoms with Crippen molar-refractivity contribution in [2.75, 3.05) is 9.80 Å². The normalized spacial score (nSPS) is 11.8. The molecule has 0 aliphatic heterocycles. The molecule has 0 unspecified atom stereocenters. The van der Waals surface area contributed by atoms with Crippen molar-refractivity contribution in [3.05, 3.63) is 230 Å². The summed E-state index contributed by atoms with van der Waals surface area (Å²) >= 11 is 0. The van der Waals surface area contributed by atoms with Crippen LogP contribution in [0.25, 0.3) is 86.9 Å². The molecule has 0 fully saturated rings. The highest BCUT2D eigenvalue weighted by molar-refractivity contribution is 6.38. The number of fused-ring (bicyclic) bond motifs is 7. The lowest BCUT2D eigenvalue weighted by molar-refractivity contribution is 0.669. The van der Waals surface area contributed by atoms with Gasteiger partial charge in [-0.15, -0.1) is 0 Å². The van der Waals surface area contributed by atoms with Crippen molar-refractivity contribution in [2.45, 2.75) is 13.8 Å². The molecule has 0 atom stereocenters. The highest BCUT2D eigenvalue weighted by atomic mass is 16.3. The van der Waals surface area contributed by atoms with E-state index >= 15 is 0 Å². The Morgan fingerprint density at radius 2 is 0.892 bits per heavy atom. The summed E-state index contributed by atoms with van der Waals surface area (Å²) in [7, 11) is 0. The van der Waals surface area contributed by atoms with Crippen LogP contribution in [0.4, 0.5) is 34.1 Å². The Morgan fingerprint density at radius 1 is 0.308 bits per heavy atom. The van der Waals surface area contributed by atoms with Gasteiger partial charge in [-0.2, -0.15) is 0 Å². The van der Waals surface area contributed by atoms with Crippen molar-refractivity contribution in [1.82, 2.24) is 0 Å². The molecule has 3 nitrogen and oxygen atoms in total. The molecule has 65 heavy (non-hydrogen) atoms. The van der Waals surface area contributed by atoms with Crippen LogP contribution in [-0.2, 0) is 0 Å². The molecule has 12 aromatic carbocycles. The third-order valence-corrected chi connectivity index (χ3v) is 13.6. The highest BCUT2D eigenvalue weighted by Gasteiger charge is 2.27. The molecular weight excluding hydrogens is 789 g/mol. The average Bonchev–Trinajstić information content (AvgIpc) is 3.75. The van der Waals surface area contributed by atoms with Crippen LogP contribution in [0.1, 0.15) is 11.1 Å². The largest absolute Gasteiger partial charge is 0.454 e. The second-order valence-electron chi connectivity index (χ2n) is 17.3. The summed E-state index contributed by atoms with van der Waals surface area (Å²) in [5.41, 5.74) is 13.1. The van der Waals surface area contributed by atoms with Crippen LogP contribution in [0.5, 0.6) is 0 Å². The van der Waals surface area contributed by atoms with Crippen molar-refractivity contribution in [3.63, 3.8) is 0 Å². The van der Waals surface area contributed by atoms with E-state index in [1.165, 1.54) is 76.1 Å². The molecule has 0 saturated heterocycles. The zero-order valence-corrected chi connectivity index (χ0v) is 36.1. The van der Waals surface area contributed by atoms with E-state index in [1.807, 2.05) is 6.07 Å². The minimum Gasteiger partial charge on any atom is -0.454 e. The molecule has 0 N–H and O–H groups in total. The monoisotopic (exact) mass is 830 g/mol. The van der Waals surface area contributed by atoms with E-state index in [2.05, 4.69) is 236 Å². The number of hydrogen-bond donors (Lipinski definition) is 0. The summed E-state index contributed by atoms with van der Waals surface area (Å²) < 4.78 is 6.84. The Hall–Kier alpha value is -8.40. The number of hydrogen-bond acceptors (Lipinski definition) is 3. The van der Waals surface area contributed by atoms with Gasteiger partial charge in [0.1, 0.15) is 5.58 Å². The van der Waals surface area contributed by atoms with Gasteiger partial charge < -0.3 is 14.2 Å². The van der Waals surface area contributed by atoms with Crippen molar-refractivity contribution in [1.29, 1.82) is 0 Å². The fourth-order valence-corrected chi connectivity index (χ4v) is 10.7. The van der Waals surface area contributed by atoms with Crippen LogP contribution in [0.15, 0.2) is 223 Å². The summed E-state index contributed by atoms with van der Waals surface area (Å²) in [5.74, 6) is 0. The summed E-state index contributed by atoms with van der Waals surface area (Å²) in [4.78, 5) is 4.90. The standard InChI is InChI=1S/C62H42N2O/c1-39-36-56(63(45-20-7-4-8-21-45)47-33-30-42-18-9-10-19-44(42)38-47)59-51-24-12-11-23-50(51)58-40(2)37-55(53-35-34-48(39)60(59)61(53)58)64(46-31-28-43(29-32-46)41-16-5-3-6-17-41)54-26-15-25-52-49-22-13-14-27-57(49)65-62(52)54/h3-38H,1-2H3. The minimum absolute atomic E-state index is 0.863. The van der Waals surface area contributed by atoms with E-state index in [0.29, 0.717) is 0 Å². The zero-order chi connectivity index (χ0) is 43.2. The number of rotatable bonds is 7. The summed E-state index contributed by atoms with van der Waals surface area (Å²) in [5, 5.41) is 14.6.